The summed E-state index contributed by atoms with van der Waals surface area (Å²) in [6, 6.07) is 0. The van der Waals surface area contributed by atoms with Gasteiger partial charge in [0.05, 0.1) is 18.3 Å². The molecule has 0 radical (unpaired) electrons. The zero-order valence-electron chi connectivity index (χ0n) is 10.1. The monoisotopic (exact) mass is 361 g/mol. The molecule has 0 amide bonds. The van der Waals surface area contributed by atoms with E-state index in [4.69, 9.17) is 22.1 Å². The number of aromatic nitrogens is 3. The van der Waals surface area contributed by atoms with Crippen molar-refractivity contribution in [1.82, 2.24) is 14.5 Å². The van der Waals surface area contributed by atoms with Crippen LogP contribution in [0.3, 0.4) is 0 Å². The highest BCUT2D eigenvalue weighted by atomic mass is 79.9. The topological polar surface area (TPSA) is 104 Å². The second-order valence-electron chi connectivity index (χ2n) is 4.54. The third-order valence-corrected chi connectivity index (χ3v) is 4.29. The number of aliphatic hydroxyl groups excluding tert-OH is 3. The molecule has 1 aliphatic heterocycles. The van der Waals surface area contributed by atoms with E-state index in [1.54, 1.807) is 10.8 Å². The van der Waals surface area contributed by atoms with Gasteiger partial charge in [-0.3, -0.25) is 0 Å². The van der Waals surface area contributed by atoms with Gasteiger partial charge in [-0.2, -0.15) is 0 Å². The Morgan fingerprint density at radius 2 is 2.20 bits per heavy atom. The van der Waals surface area contributed by atoms with Gasteiger partial charge in [0.2, 0.25) is 0 Å². The van der Waals surface area contributed by atoms with Gasteiger partial charge in [-0.05, 0) is 15.9 Å². The summed E-state index contributed by atoms with van der Waals surface area (Å²) in [6.07, 6.45) is -0.788. The molecule has 9 heteroatoms. The summed E-state index contributed by atoms with van der Waals surface area (Å²) >= 11 is 8.55. The van der Waals surface area contributed by atoms with Crippen molar-refractivity contribution in [2.75, 3.05) is 6.61 Å². The van der Waals surface area contributed by atoms with E-state index >= 15 is 0 Å². The van der Waals surface area contributed by atoms with E-state index in [1.165, 1.54) is 6.33 Å². The van der Waals surface area contributed by atoms with Crippen molar-refractivity contribution in [3.05, 3.63) is 21.6 Å². The average molecular weight is 362 g/mol. The molecule has 1 aliphatic rings. The smallest absolute Gasteiger partial charge is 0.164 e. The van der Waals surface area contributed by atoms with Gasteiger partial charge < -0.3 is 29.6 Å². The van der Waals surface area contributed by atoms with Crippen LogP contribution in [-0.2, 0) is 4.74 Å². The first-order chi connectivity index (χ1) is 9.54. The molecule has 0 unspecified atom stereocenters. The first-order valence-corrected chi connectivity index (χ1v) is 7.11. The number of rotatable bonds is 2. The molecule has 1 fully saturated rings. The van der Waals surface area contributed by atoms with Crippen LogP contribution in [0.1, 0.15) is 6.23 Å². The van der Waals surface area contributed by atoms with Gasteiger partial charge in [0, 0.05) is 10.7 Å². The fourth-order valence-corrected chi connectivity index (χ4v) is 3.36. The highest BCUT2D eigenvalue weighted by molar-refractivity contribution is 9.10. The van der Waals surface area contributed by atoms with Crippen LogP contribution in [0.5, 0.6) is 0 Å². The molecule has 0 spiro atoms. The molecule has 3 rings (SSSR count). The summed E-state index contributed by atoms with van der Waals surface area (Å²) in [5, 5.41) is 29.7. The van der Waals surface area contributed by atoms with Crippen molar-refractivity contribution in [2.24, 2.45) is 0 Å². The van der Waals surface area contributed by atoms with E-state index in [2.05, 4.69) is 25.9 Å². The first kappa shape index (κ1) is 14.1. The van der Waals surface area contributed by atoms with Gasteiger partial charge in [-0.1, -0.05) is 12.2 Å². The van der Waals surface area contributed by atoms with Crippen molar-refractivity contribution < 1.29 is 20.1 Å². The molecule has 0 bridgehead atoms. The van der Waals surface area contributed by atoms with Crippen LogP contribution in [0.15, 0.2) is 17.0 Å². The maximum Gasteiger partial charge on any atom is 0.164 e. The minimum atomic E-state index is -1.15. The highest BCUT2D eigenvalue weighted by Gasteiger charge is 2.43. The maximum atomic E-state index is 10.1. The lowest BCUT2D eigenvalue weighted by atomic mass is 10.1. The van der Waals surface area contributed by atoms with Gasteiger partial charge in [-0.25, -0.2) is 4.98 Å². The molecule has 4 atom stereocenters. The Kier molecular flexibility index (Phi) is 3.65. The largest absolute Gasteiger partial charge is 0.394 e. The molecular weight excluding hydrogens is 350 g/mol. The molecule has 2 aromatic heterocycles. The summed E-state index contributed by atoms with van der Waals surface area (Å²) < 4.78 is 8.25. The number of aromatic amines is 1. The molecule has 20 heavy (non-hydrogen) atoms. The van der Waals surface area contributed by atoms with Crippen LogP contribution in [0.4, 0.5) is 0 Å². The van der Waals surface area contributed by atoms with Crippen molar-refractivity contribution >= 4 is 39.2 Å². The van der Waals surface area contributed by atoms with Gasteiger partial charge in [0.1, 0.15) is 28.6 Å². The fourth-order valence-electron chi connectivity index (χ4n) is 2.37. The Hall–Kier alpha value is -0.840. The summed E-state index contributed by atoms with van der Waals surface area (Å²) in [7, 11) is 0. The number of nitrogens with one attached hydrogen (secondary N) is 1. The Balaban J connectivity index is 2.12. The van der Waals surface area contributed by atoms with Gasteiger partial charge in [0.25, 0.3) is 0 Å². The lowest BCUT2D eigenvalue weighted by Crippen LogP contribution is -2.33. The molecule has 108 valence electrons. The zero-order valence-corrected chi connectivity index (χ0v) is 12.5. The van der Waals surface area contributed by atoms with Crippen LogP contribution in [0.2, 0.25) is 0 Å². The SMILES string of the molecule is OC[C@@H]1O[C@@H](n2cc(Br)c3c(=S)nc[nH]c32)[C@@H](O)[C@@H]1O. The molecule has 2 aromatic rings. The summed E-state index contributed by atoms with van der Waals surface area (Å²) in [4.78, 5) is 6.94. The van der Waals surface area contributed by atoms with Gasteiger partial charge >= 0.3 is 0 Å². The molecular formula is C11H12BrN3O4S. The van der Waals surface area contributed by atoms with E-state index < -0.39 is 24.5 Å². The van der Waals surface area contributed by atoms with E-state index in [9.17, 15) is 10.2 Å². The quantitative estimate of drug-likeness (QED) is 0.579. The fraction of sp³-hybridized carbons (Fsp3) is 0.455. The normalized spacial score (nSPS) is 30.2. The summed E-state index contributed by atoms with van der Waals surface area (Å²) in [5.41, 5.74) is 0.617. The molecule has 0 saturated carbocycles. The number of nitrogens with zero attached hydrogens (tertiary/aromatic N) is 2. The number of aliphatic hydroxyl groups is 3. The lowest BCUT2D eigenvalue weighted by molar-refractivity contribution is -0.0509. The van der Waals surface area contributed by atoms with E-state index in [0.29, 0.717) is 20.1 Å². The van der Waals surface area contributed by atoms with Crippen molar-refractivity contribution in [3.8, 4) is 0 Å². The van der Waals surface area contributed by atoms with E-state index in [0.717, 1.165) is 0 Å². The van der Waals surface area contributed by atoms with Gasteiger partial charge in [-0.15, -0.1) is 0 Å². The molecule has 7 nitrogen and oxygen atoms in total. The molecule has 4 N–H and O–H groups in total. The minimum Gasteiger partial charge on any atom is -0.394 e. The van der Waals surface area contributed by atoms with Crippen LogP contribution in [0.25, 0.3) is 11.0 Å². The van der Waals surface area contributed by atoms with E-state index in [1.807, 2.05) is 0 Å². The summed E-state index contributed by atoms with van der Waals surface area (Å²) in [6.45, 7) is -0.368. The number of ether oxygens (including phenoxy) is 1. The van der Waals surface area contributed by atoms with Crippen molar-refractivity contribution in [3.63, 3.8) is 0 Å². The van der Waals surface area contributed by atoms with Crippen LogP contribution >= 0.6 is 28.1 Å². The lowest BCUT2D eigenvalue weighted by Gasteiger charge is -2.17. The average Bonchev–Trinajstić information content (AvgIpc) is 2.90. The van der Waals surface area contributed by atoms with Gasteiger partial charge in [0.15, 0.2) is 6.23 Å². The van der Waals surface area contributed by atoms with Crippen LogP contribution in [0, 0.1) is 4.64 Å². The molecule has 1 saturated heterocycles. The second kappa shape index (κ2) is 5.17. The Morgan fingerprint density at radius 1 is 1.45 bits per heavy atom. The molecule has 0 aliphatic carbocycles. The predicted octanol–water partition coefficient (Wildman–Crippen LogP) is 0.468. The third-order valence-electron chi connectivity index (χ3n) is 3.37. The number of halogens is 1. The Morgan fingerprint density at radius 3 is 2.85 bits per heavy atom. The van der Waals surface area contributed by atoms with Crippen molar-refractivity contribution in [2.45, 2.75) is 24.5 Å². The highest BCUT2D eigenvalue weighted by Crippen LogP contribution is 2.34. The third kappa shape index (κ3) is 2.01. The summed E-state index contributed by atoms with van der Waals surface area (Å²) in [5.74, 6) is 0. The number of H-pyrrole nitrogens is 1. The number of hydrogen-bond acceptors (Lipinski definition) is 6. The molecule has 0 aromatic carbocycles. The number of hydrogen-bond donors (Lipinski definition) is 4. The molecule has 3 heterocycles. The standard InChI is InChI=1S/C11H12BrN3O4S/c12-4-1-15(9-6(4)10(20)14-3-13-9)11-8(18)7(17)5(2-16)19-11/h1,3,5,7-8,11,16-18H,2H2,(H,13,14,20)/t5-,7+,8-,11+/m0/s1. The Labute approximate surface area is 127 Å². The van der Waals surface area contributed by atoms with Crippen LogP contribution in [-0.4, -0.2) is 54.8 Å². The minimum absolute atomic E-state index is 0.368. The maximum absolute atomic E-state index is 10.1. The predicted molar refractivity (Wildman–Crippen MR) is 75.6 cm³/mol. The number of fused-ring (bicyclic) bond motifs is 1. The second-order valence-corrected chi connectivity index (χ2v) is 5.79. The Bertz CT molecular complexity index is 703. The van der Waals surface area contributed by atoms with Crippen LogP contribution < -0.4 is 0 Å². The van der Waals surface area contributed by atoms with Crippen molar-refractivity contribution in [1.29, 1.82) is 0 Å². The zero-order chi connectivity index (χ0) is 14.4. The first-order valence-electron chi connectivity index (χ1n) is 5.90. The van der Waals surface area contributed by atoms with E-state index in [-0.39, 0.29) is 6.61 Å².